The minimum absolute atomic E-state index is 0.0215. The van der Waals surface area contributed by atoms with E-state index in [1.165, 1.54) is 18.2 Å². The van der Waals surface area contributed by atoms with Gasteiger partial charge in [-0.2, -0.15) is 0 Å². The van der Waals surface area contributed by atoms with Gasteiger partial charge in [0.05, 0.1) is 17.3 Å². The number of benzene rings is 1. The molecule has 0 atom stereocenters. The Morgan fingerprint density at radius 1 is 1.50 bits per heavy atom. The van der Waals surface area contributed by atoms with Crippen molar-refractivity contribution >= 4 is 17.3 Å². The van der Waals surface area contributed by atoms with Crippen molar-refractivity contribution in [1.29, 1.82) is 0 Å². The van der Waals surface area contributed by atoms with Crippen LogP contribution >= 0.6 is 11.6 Å². The molecule has 1 aromatic rings. The van der Waals surface area contributed by atoms with Gasteiger partial charge in [-0.15, -0.1) is 0 Å². The predicted octanol–water partition coefficient (Wildman–Crippen LogP) is 1.88. The molecule has 0 amide bonds. The van der Waals surface area contributed by atoms with Gasteiger partial charge >= 0.3 is 0 Å². The second-order valence-corrected chi connectivity index (χ2v) is 2.68. The van der Waals surface area contributed by atoms with Crippen LogP contribution in [0.1, 0.15) is 0 Å². The Kier molecular flexibility index (Phi) is 3.31. The molecule has 0 unspecified atom stereocenters. The Bertz CT molecular complexity index is 267. The first-order valence-corrected chi connectivity index (χ1v) is 3.91. The maximum atomic E-state index is 12.5. The molecule has 0 aromatic heterocycles. The molecule has 0 spiro atoms. The molecule has 0 aliphatic rings. The Labute approximate surface area is 75.0 Å². The monoisotopic (exact) mass is 189 g/mol. The van der Waals surface area contributed by atoms with E-state index < -0.39 is 0 Å². The van der Waals surface area contributed by atoms with Crippen LogP contribution in [0.3, 0.4) is 0 Å². The topological polar surface area (TPSA) is 32.3 Å². The molecule has 1 rings (SSSR count). The lowest BCUT2D eigenvalue weighted by Crippen LogP contribution is -2.05. The van der Waals surface area contributed by atoms with Gasteiger partial charge in [0.15, 0.2) is 0 Å². The molecule has 0 saturated heterocycles. The zero-order valence-corrected chi connectivity index (χ0v) is 7.11. The fourth-order valence-corrected chi connectivity index (χ4v) is 1.06. The molecule has 1 aromatic carbocycles. The highest BCUT2D eigenvalue weighted by Crippen LogP contribution is 2.21. The second kappa shape index (κ2) is 4.28. The van der Waals surface area contributed by atoms with Crippen LogP contribution in [-0.4, -0.2) is 18.3 Å². The van der Waals surface area contributed by atoms with Crippen molar-refractivity contribution in [2.24, 2.45) is 0 Å². The van der Waals surface area contributed by atoms with Crippen LogP contribution in [0.15, 0.2) is 18.2 Å². The highest BCUT2D eigenvalue weighted by Gasteiger charge is 1.99. The third-order valence-electron chi connectivity index (χ3n) is 1.36. The SMILES string of the molecule is OCCNc1ccc(F)cc1Cl. The first-order valence-electron chi connectivity index (χ1n) is 3.54. The normalized spacial score (nSPS) is 9.92. The van der Waals surface area contributed by atoms with Crippen LogP contribution in [0.4, 0.5) is 10.1 Å². The largest absolute Gasteiger partial charge is 0.395 e. The number of hydrogen-bond acceptors (Lipinski definition) is 2. The molecule has 12 heavy (non-hydrogen) atoms. The van der Waals surface area contributed by atoms with Gasteiger partial charge in [-0.25, -0.2) is 4.39 Å². The molecule has 0 radical (unpaired) electrons. The maximum Gasteiger partial charge on any atom is 0.124 e. The summed E-state index contributed by atoms with van der Waals surface area (Å²) in [6.45, 7) is 0.430. The van der Waals surface area contributed by atoms with E-state index in [1.807, 2.05) is 0 Å². The number of aliphatic hydroxyl groups excluding tert-OH is 1. The Morgan fingerprint density at radius 3 is 2.83 bits per heavy atom. The van der Waals surface area contributed by atoms with E-state index in [-0.39, 0.29) is 12.4 Å². The number of rotatable bonds is 3. The van der Waals surface area contributed by atoms with Crippen molar-refractivity contribution in [1.82, 2.24) is 0 Å². The van der Waals surface area contributed by atoms with Crippen molar-refractivity contribution in [3.8, 4) is 0 Å². The van der Waals surface area contributed by atoms with E-state index in [4.69, 9.17) is 16.7 Å². The van der Waals surface area contributed by atoms with E-state index >= 15 is 0 Å². The number of nitrogens with one attached hydrogen (secondary N) is 1. The smallest absolute Gasteiger partial charge is 0.124 e. The lowest BCUT2D eigenvalue weighted by Gasteiger charge is -2.05. The molecule has 0 fully saturated rings. The summed E-state index contributed by atoms with van der Waals surface area (Å²) >= 11 is 5.68. The summed E-state index contributed by atoms with van der Waals surface area (Å²) in [5.74, 6) is -0.366. The summed E-state index contributed by atoms with van der Waals surface area (Å²) in [4.78, 5) is 0. The van der Waals surface area contributed by atoms with Gasteiger partial charge in [0, 0.05) is 6.54 Å². The Morgan fingerprint density at radius 2 is 2.25 bits per heavy atom. The number of anilines is 1. The highest BCUT2D eigenvalue weighted by atomic mass is 35.5. The third-order valence-corrected chi connectivity index (χ3v) is 1.67. The van der Waals surface area contributed by atoms with Crippen molar-refractivity contribution in [3.63, 3.8) is 0 Å². The van der Waals surface area contributed by atoms with Crippen molar-refractivity contribution < 1.29 is 9.50 Å². The van der Waals surface area contributed by atoms with E-state index in [0.717, 1.165) is 0 Å². The summed E-state index contributed by atoms with van der Waals surface area (Å²) in [5, 5.41) is 11.7. The molecule has 4 heteroatoms. The zero-order valence-electron chi connectivity index (χ0n) is 6.35. The number of halogens is 2. The molecule has 0 bridgehead atoms. The molecule has 0 aliphatic carbocycles. The fourth-order valence-electron chi connectivity index (χ4n) is 0.823. The maximum absolute atomic E-state index is 12.5. The first-order chi connectivity index (χ1) is 5.74. The van der Waals surface area contributed by atoms with E-state index in [0.29, 0.717) is 17.3 Å². The van der Waals surface area contributed by atoms with Gasteiger partial charge < -0.3 is 10.4 Å². The van der Waals surface area contributed by atoms with Crippen molar-refractivity contribution in [3.05, 3.63) is 29.0 Å². The number of hydrogen-bond donors (Lipinski definition) is 2. The van der Waals surface area contributed by atoms with Gasteiger partial charge in [0.25, 0.3) is 0 Å². The van der Waals surface area contributed by atoms with Gasteiger partial charge in [-0.3, -0.25) is 0 Å². The van der Waals surface area contributed by atoms with Gasteiger partial charge in [0.2, 0.25) is 0 Å². The van der Waals surface area contributed by atoms with Crippen LogP contribution in [0.5, 0.6) is 0 Å². The molecule has 0 heterocycles. The minimum Gasteiger partial charge on any atom is -0.395 e. The van der Waals surface area contributed by atoms with Crippen LogP contribution in [0.25, 0.3) is 0 Å². The van der Waals surface area contributed by atoms with Crippen molar-refractivity contribution in [2.75, 3.05) is 18.5 Å². The molecule has 66 valence electrons. The summed E-state index contributed by atoms with van der Waals surface area (Å²) in [7, 11) is 0. The van der Waals surface area contributed by atoms with E-state index in [2.05, 4.69) is 5.32 Å². The summed E-state index contributed by atoms with van der Waals surface area (Å²) in [6.07, 6.45) is 0. The molecule has 0 saturated carbocycles. The summed E-state index contributed by atoms with van der Waals surface area (Å²) in [5.41, 5.74) is 0.632. The average molecular weight is 190 g/mol. The van der Waals surface area contributed by atoms with Gasteiger partial charge in [0.1, 0.15) is 5.82 Å². The second-order valence-electron chi connectivity index (χ2n) is 2.27. The van der Waals surface area contributed by atoms with Crippen LogP contribution in [0.2, 0.25) is 5.02 Å². The standard InChI is InChI=1S/C8H9ClFNO/c9-7-5-6(10)1-2-8(7)11-3-4-12/h1-2,5,11-12H,3-4H2. The Hall–Kier alpha value is -0.800. The van der Waals surface area contributed by atoms with Gasteiger partial charge in [-0.05, 0) is 18.2 Å². The summed E-state index contributed by atoms with van der Waals surface area (Å²) < 4.78 is 12.5. The van der Waals surface area contributed by atoms with Crippen LogP contribution in [0, 0.1) is 5.82 Å². The first kappa shape index (κ1) is 9.29. The van der Waals surface area contributed by atoms with Crippen LogP contribution in [-0.2, 0) is 0 Å². The van der Waals surface area contributed by atoms with E-state index in [1.54, 1.807) is 0 Å². The van der Waals surface area contributed by atoms with Crippen LogP contribution < -0.4 is 5.32 Å². The lowest BCUT2D eigenvalue weighted by atomic mass is 10.3. The number of aliphatic hydroxyl groups is 1. The predicted molar refractivity (Wildman–Crippen MR) is 47.0 cm³/mol. The quantitative estimate of drug-likeness (QED) is 0.761. The average Bonchev–Trinajstić information content (AvgIpc) is 2.03. The minimum atomic E-state index is -0.366. The lowest BCUT2D eigenvalue weighted by molar-refractivity contribution is 0.311. The summed E-state index contributed by atoms with van der Waals surface area (Å²) in [6, 6.07) is 4.07. The third kappa shape index (κ3) is 2.36. The molecule has 0 aliphatic heterocycles. The zero-order chi connectivity index (χ0) is 8.97. The Balaban J connectivity index is 2.72. The molecule has 2 nitrogen and oxygen atoms in total. The highest BCUT2D eigenvalue weighted by molar-refractivity contribution is 6.33. The van der Waals surface area contributed by atoms with Gasteiger partial charge in [-0.1, -0.05) is 11.6 Å². The molecular weight excluding hydrogens is 181 g/mol. The fraction of sp³-hybridized carbons (Fsp3) is 0.250. The van der Waals surface area contributed by atoms with Crippen molar-refractivity contribution in [2.45, 2.75) is 0 Å². The van der Waals surface area contributed by atoms with E-state index in [9.17, 15) is 4.39 Å². The molecular formula is C8H9ClFNO. The molecule has 2 N–H and O–H groups in total.